The first-order valence-electron chi connectivity index (χ1n) is 9.87. The van der Waals surface area contributed by atoms with Gasteiger partial charge in [-0.3, -0.25) is 10.3 Å². The summed E-state index contributed by atoms with van der Waals surface area (Å²) in [6, 6.07) is 9.65. The normalized spacial score (nSPS) is 30.3. The van der Waals surface area contributed by atoms with Gasteiger partial charge in [-0.15, -0.1) is 0 Å². The molecule has 7 nitrogen and oxygen atoms in total. The molecule has 1 aromatic rings. The second-order valence-corrected chi connectivity index (χ2v) is 9.59. The van der Waals surface area contributed by atoms with Crippen LogP contribution < -0.4 is 5.32 Å². The van der Waals surface area contributed by atoms with Crippen LogP contribution in [0.25, 0.3) is 0 Å². The average molecular weight is 423 g/mol. The summed E-state index contributed by atoms with van der Waals surface area (Å²) < 4.78 is 17.7. The number of thioether (sulfide) groups is 1. The summed E-state index contributed by atoms with van der Waals surface area (Å²) in [5.41, 5.74) is 0.138. The Labute approximate surface area is 176 Å². The van der Waals surface area contributed by atoms with Gasteiger partial charge in [0.25, 0.3) is 0 Å². The Bertz CT molecular complexity index is 734. The predicted octanol–water partition coefficient (Wildman–Crippen LogP) is 3.31. The van der Waals surface area contributed by atoms with Crippen LogP contribution in [0.2, 0.25) is 0 Å². The summed E-state index contributed by atoms with van der Waals surface area (Å²) in [5.74, 6) is -0.0646. The highest BCUT2D eigenvalue weighted by Gasteiger charge is 2.49. The Morgan fingerprint density at radius 1 is 1.34 bits per heavy atom. The number of carbonyl (C=O) groups excluding carboxylic acids is 1. The monoisotopic (exact) mass is 422 g/mol. The molecule has 0 radical (unpaired) electrons. The third-order valence-corrected chi connectivity index (χ3v) is 5.86. The fourth-order valence-corrected chi connectivity index (χ4v) is 4.63. The molecule has 2 N–H and O–H groups in total. The zero-order valence-corrected chi connectivity index (χ0v) is 18.3. The molecule has 29 heavy (non-hydrogen) atoms. The number of aliphatic imine (C=N–C) groups is 1. The number of aliphatic hydroxyl groups excluding tert-OH is 1. The minimum absolute atomic E-state index is 0.0646. The van der Waals surface area contributed by atoms with Gasteiger partial charge in [-0.1, -0.05) is 49.0 Å². The first-order chi connectivity index (χ1) is 13.6. The van der Waals surface area contributed by atoms with Gasteiger partial charge in [0.1, 0.15) is 17.1 Å². The molecule has 1 aromatic carbocycles. The molecule has 0 bridgehead atoms. The molecule has 0 aliphatic carbocycles. The molecule has 1 saturated heterocycles. The number of alkyl carbamates (subject to hydrolysis) is 1. The number of benzene rings is 1. The van der Waals surface area contributed by atoms with Crippen molar-refractivity contribution >= 4 is 23.0 Å². The van der Waals surface area contributed by atoms with Gasteiger partial charge < -0.3 is 19.3 Å². The standard InChI is InChI=1S/C21H30N2O5S/c1-12-16(13(2)24)27-18-15(17(12)26-11-14-9-7-6-8-10-14)22-19(29-18)23-20(25)28-21(3,4)5/h6-10,12-13,15-18,24H,11H2,1-5H3,(H,22,23,25)/t12-,13?,15-,16+,17?,18-/m1/s1. The molecule has 0 spiro atoms. The van der Waals surface area contributed by atoms with Crippen LogP contribution in [0.4, 0.5) is 4.79 Å². The first-order valence-corrected chi connectivity index (χ1v) is 10.8. The molecule has 2 aliphatic rings. The van der Waals surface area contributed by atoms with Gasteiger partial charge in [-0.2, -0.15) is 0 Å². The number of nitrogens with zero attached hydrogens (tertiary/aromatic N) is 1. The molecule has 0 saturated carbocycles. The van der Waals surface area contributed by atoms with E-state index >= 15 is 0 Å². The molecule has 0 aromatic heterocycles. The van der Waals surface area contributed by atoms with Gasteiger partial charge in [-0.05, 0) is 33.3 Å². The lowest BCUT2D eigenvalue weighted by Crippen LogP contribution is -2.54. The lowest BCUT2D eigenvalue weighted by Gasteiger charge is -2.42. The third kappa shape index (κ3) is 5.72. The lowest BCUT2D eigenvalue weighted by molar-refractivity contribution is -0.165. The number of hydrogen-bond acceptors (Lipinski definition) is 7. The SMILES string of the molecule is CC(O)[C@H]1O[C@@H]2SC(NC(=O)OC(C)(C)C)=N[C@@H]2C(OCc2ccccc2)[C@@H]1C. The average Bonchev–Trinajstić information content (AvgIpc) is 3.01. The van der Waals surface area contributed by atoms with Crippen molar-refractivity contribution in [3.8, 4) is 0 Å². The minimum atomic E-state index is -0.641. The van der Waals surface area contributed by atoms with Gasteiger partial charge >= 0.3 is 6.09 Å². The fraction of sp³-hybridized carbons (Fsp3) is 0.619. The number of rotatable bonds is 4. The van der Waals surface area contributed by atoms with Crippen molar-refractivity contribution < 1.29 is 24.1 Å². The van der Waals surface area contributed by atoms with Crippen molar-refractivity contribution in [2.45, 2.75) is 76.6 Å². The highest BCUT2D eigenvalue weighted by Crippen LogP contribution is 2.40. The smallest absolute Gasteiger partial charge is 0.413 e. The van der Waals surface area contributed by atoms with Crippen LogP contribution in [0.5, 0.6) is 0 Å². The summed E-state index contributed by atoms with van der Waals surface area (Å²) in [4.78, 5) is 16.8. The molecule has 160 valence electrons. The van der Waals surface area contributed by atoms with E-state index in [0.717, 1.165) is 5.56 Å². The Kier molecular flexibility index (Phi) is 6.88. The maximum Gasteiger partial charge on any atom is 0.413 e. The number of nitrogens with one attached hydrogen (secondary N) is 1. The van der Waals surface area contributed by atoms with Crippen LogP contribution in [0.1, 0.15) is 40.2 Å². The molecular formula is C21H30N2O5S. The molecule has 8 heteroatoms. The number of ether oxygens (including phenoxy) is 3. The summed E-state index contributed by atoms with van der Waals surface area (Å²) in [7, 11) is 0. The topological polar surface area (TPSA) is 89.4 Å². The van der Waals surface area contributed by atoms with E-state index in [0.29, 0.717) is 11.8 Å². The summed E-state index contributed by atoms with van der Waals surface area (Å²) in [6.07, 6.45) is -1.82. The van der Waals surface area contributed by atoms with Crippen LogP contribution >= 0.6 is 11.8 Å². The van der Waals surface area contributed by atoms with E-state index in [4.69, 9.17) is 14.2 Å². The Morgan fingerprint density at radius 2 is 2.03 bits per heavy atom. The number of amides is 1. The molecule has 3 rings (SSSR count). The van der Waals surface area contributed by atoms with E-state index in [1.807, 2.05) is 37.3 Å². The summed E-state index contributed by atoms with van der Waals surface area (Å²) in [6.45, 7) is 9.59. The lowest BCUT2D eigenvalue weighted by atomic mass is 9.87. The Hall–Kier alpha value is -1.61. The summed E-state index contributed by atoms with van der Waals surface area (Å²) in [5, 5.41) is 13.3. The van der Waals surface area contributed by atoms with Gasteiger partial charge in [0.2, 0.25) is 0 Å². The highest BCUT2D eigenvalue weighted by molar-refractivity contribution is 8.14. The molecule has 6 atom stereocenters. The second-order valence-electron chi connectivity index (χ2n) is 8.50. The largest absolute Gasteiger partial charge is 0.444 e. The molecule has 2 unspecified atom stereocenters. The van der Waals surface area contributed by atoms with Crippen LogP contribution in [0.3, 0.4) is 0 Å². The number of aliphatic hydroxyl groups is 1. The third-order valence-electron chi connectivity index (χ3n) is 4.81. The fourth-order valence-electron chi connectivity index (χ4n) is 3.54. The van der Waals surface area contributed by atoms with Gasteiger partial charge in [-0.25, -0.2) is 4.79 Å². The van der Waals surface area contributed by atoms with Crippen molar-refractivity contribution in [1.29, 1.82) is 0 Å². The highest BCUT2D eigenvalue weighted by atomic mass is 32.2. The van der Waals surface area contributed by atoms with Crippen molar-refractivity contribution in [3.05, 3.63) is 35.9 Å². The van der Waals surface area contributed by atoms with Gasteiger partial charge in [0, 0.05) is 5.92 Å². The van der Waals surface area contributed by atoms with E-state index < -0.39 is 17.8 Å². The predicted molar refractivity (Wildman–Crippen MR) is 113 cm³/mol. The van der Waals surface area contributed by atoms with Gasteiger partial charge in [0.15, 0.2) is 5.17 Å². The summed E-state index contributed by atoms with van der Waals surface area (Å²) >= 11 is 1.32. The number of amidine groups is 1. The molecule has 1 amide bonds. The molecule has 1 fully saturated rings. The minimum Gasteiger partial charge on any atom is -0.444 e. The van der Waals surface area contributed by atoms with Crippen LogP contribution in [-0.2, 0) is 20.8 Å². The molecular weight excluding hydrogens is 392 g/mol. The number of fused-ring (bicyclic) bond motifs is 1. The Balaban J connectivity index is 1.73. The second kappa shape index (κ2) is 9.04. The molecule has 2 aliphatic heterocycles. The maximum absolute atomic E-state index is 12.1. The van der Waals surface area contributed by atoms with Crippen molar-refractivity contribution in [2.24, 2.45) is 10.9 Å². The van der Waals surface area contributed by atoms with Crippen molar-refractivity contribution in [3.63, 3.8) is 0 Å². The van der Waals surface area contributed by atoms with Crippen LogP contribution in [0, 0.1) is 5.92 Å². The zero-order chi connectivity index (χ0) is 21.2. The van der Waals surface area contributed by atoms with E-state index in [-0.39, 0.29) is 29.6 Å². The maximum atomic E-state index is 12.1. The van der Waals surface area contributed by atoms with Crippen LogP contribution in [-0.4, -0.2) is 51.8 Å². The van der Waals surface area contributed by atoms with E-state index in [9.17, 15) is 9.90 Å². The first kappa shape index (κ1) is 22.1. The number of hydrogen-bond donors (Lipinski definition) is 2. The van der Waals surface area contributed by atoms with Crippen molar-refractivity contribution in [1.82, 2.24) is 5.32 Å². The van der Waals surface area contributed by atoms with Gasteiger partial charge in [0.05, 0.1) is 24.9 Å². The number of carbonyl (C=O) groups is 1. The van der Waals surface area contributed by atoms with Crippen molar-refractivity contribution in [2.75, 3.05) is 0 Å². The van der Waals surface area contributed by atoms with E-state index in [1.165, 1.54) is 11.8 Å². The van der Waals surface area contributed by atoms with E-state index in [1.54, 1.807) is 27.7 Å². The quantitative estimate of drug-likeness (QED) is 0.774. The zero-order valence-electron chi connectivity index (χ0n) is 17.5. The van der Waals surface area contributed by atoms with E-state index in [2.05, 4.69) is 10.3 Å². The van der Waals surface area contributed by atoms with Crippen LogP contribution in [0.15, 0.2) is 35.3 Å². The molecule has 2 heterocycles. The Morgan fingerprint density at radius 3 is 2.66 bits per heavy atom.